The summed E-state index contributed by atoms with van der Waals surface area (Å²) in [5.41, 5.74) is 7.65. The van der Waals surface area contributed by atoms with Gasteiger partial charge in [-0.3, -0.25) is 0 Å². The van der Waals surface area contributed by atoms with Gasteiger partial charge in [0, 0.05) is 11.6 Å². The fourth-order valence-corrected chi connectivity index (χ4v) is 2.31. The highest BCUT2D eigenvalue weighted by Crippen LogP contribution is 2.23. The van der Waals surface area contributed by atoms with Crippen LogP contribution in [0.5, 0.6) is 11.6 Å². The van der Waals surface area contributed by atoms with E-state index in [-0.39, 0.29) is 0 Å². The smallest absolute Gasteiger partial charge is 0.222 e. The Kier molecular flexibility index (Phi) is 5.80. The van der Waals surface area contributed by atoms with Crippen molar-refractivity contribution >= 4 is 17.4 Å². The molecule has 1 aromatic heterocycles. The zero-order valence-corrected chi connectivity index (χ0v) is 13.4. The summed E-state index contributed by atoms with van der Waals surface area (Å²) in [4.78, 5) is 8.01. The molecule has 0 aliphatic heterocycles. The third-order valence-corrected chi connectivity index (χ3v) is 3.62. The number of aromatic nitrogens is 2. The number of methoxy groups -OCH3 is 2. The minimum Gasteiger partial charge on any atom is -0.497 e. The molecule has 1 aromatic carbocycles. The standard InChI is InChI=1S/C15H19ClN4O2/c1-21-11-4-3-10(13(16)7-11)5-6-18-8-12-14(17)19-9-20-15(12)22-2/h3-4,7,9,18H,5-6,8H2,1-2H3,(H2,17,19,20). The molecule has 7 heteroatoms. The lowest BCUT2D eigenvalue weighted by atomic mass is 10.1. The Balaban J connectivity index is 1.90. The summed E-state index contributed by atoms with van der Waals surface area (Å²) in [5.74, 6) is 1.66. The number of hydrogen-bond donors (Lipinski definition) is 2. The fraction of sp³-hybridized carbons (Fsp3) is 0.333. The zero-order valence-electron chi connectivity index (χ0n) is 12.6. The number of anilines is 1. The lowest BCUT2D eigenvalue weighted by Crippen LogP contribution is -2.19. The minimum atomic E-state index is 0.418. The predicted octanol–water partition coefficient (Wildman–Crippen LogP) is 2.06. The average molecular weight is 323 g/mol. The van der Waals surface area contributed by atoms with Gasteiger partial charge in [0.1, 0.15) is 17.9 Å². The molecule has 0 aliphatic carbocycles. The van der Waals surface area contributed by atoms with Gasteiger partial charge in [0.05, 0.1) is 19.8 Å². The lowest BCUT2D eigenvalue weighted by Gasteiger charge is -2.11. The van der Waals surface area contributed by atoms with E-state index in [4.69, 9.17) is 26.8 Å². The van der Waals surface area contributed by atoms with Crippen molar-refractivity contribution in [3.8, 4) is 11.6 Å². The number of nitrogens with zero attached hydrogens (tertiary/aromatic N) is 2. The van der Waals surface area contributed by atoms with Gasteiger partial charge in [-0.05, 0) is 30.7 Å². The molecule has 0 unspecified atom stereocenters. The van der Waals surface area contributed by atoms with Crippen LogP contribution in [0.2, 0.25) is 5.02 Å². The minimum absolute atomic E-state index is 0.418. The van der Waals surface area contributed by atoms with Crippen molar-refractivity contribution in [2.45, 2.75) is 13.0 Å². The molecule has 0 fully saturated rings. The van der Waals surface area contributed by atoms with E-state index in [1.54, 1.807) is 14.2 Å². The van der Waals surface area contributed by atoms with E-state index in [1.807, 2.05) is 18.2 Å². The van der Waals surface area contributed by atoms with Gasteiger partial charge in [0.15, 0.2) is 0 Å². The third kappa shape index (κ3) is 3.99. The quantitative estimate of drug-likeness (QED) is 0.759. The average Bonchev–Trinajstić information content (AvgIpc) is 2.53. The van der Waals surface area contributed by atoms with Gasteiger partial charge >= 0.3 is 0 Å². The highest BCUT2D eigenvalue weighted by molar-refractivity contribution is 6.31. The van der Waals surface area contributed by atoms with Gasteiger partial charge in [-0.15, -0.1) is 0 Å². The second-order valence-electron chi connectivity index (χ2n) is 4.63. The molecule has 0 atom stereocenters. The summed E-state index contributed by atoms with van der Waals surface area (Å²) in [6.07, 6.45) is 2.17. The molecule has 0 spiro atoms. The molecule has 0 saturated heterocycles. The van der Waals surface area contributed by atoms with Crippen LogP contribution in [0.25, 0.3) is 0 Å². The first kappa shape index (κ1) is 16.3. The Morgan fingerprint density at radius 1 is 1.23 bits per heavy atom. The Morgan fingerprint density at radius 2 is 2.05 bits per heavy atom. The Bertz CT molecular complexity index is 637. The number of nitrogens with two attached hydrogens (primary N) is 1. The predicted molar refractivity (Wildman–Crippen MR) is 86.4 cm³/mol. The Hall–Kier alpha value is -2.05. The summed E-state index contributed by atoms with van der Waals surface area (Å²) in [6.45, 7) is 1.27. The van der Waals surface area contributed by atoms with Gasteiger partial charge in [0.25, 0.3) is 0 Å². The van der Waals surface area contributed by atoms with E-state index in [2.05, 4.69) is 15.3 Å². The van der Waals surface area contributed by atoms with Crippen molar-refractivity contribution in [2.24, 2.45) is 0 Å². The van der Waals surface area contributed by atoms with Gasteiger partial charge < -0.3 is 20.5 Å². The molecule has 1 heterocycles. The first-order valence-electron chi connectivity index (χ1n) is 6.82. The van der Waals surface area contributed by atoms with Crippen molar-refractivity contribution in [2.75, 3.05) is 26.5 Å². The highest BCUT2D eigenvalue weighted by atomic mass is 35.5. The number of rotatable bonds is 7. The van der Waals surface area contributed by atoms with Crippen LogP contribution in [0.15, 0.2) is 24.5 Å². The second kappa shape index (κ2) is 7.82. The first-order chi connectivity index (χ1) is 10.7. The van der Waals surface area contributed by atoms with Crippen LogP contribution in [-0.4, -0.2) is 30.7 Å². The molecule has 118 valence electrons. The molecule has 3 N–H and O–H groups in total. The van der Waals surface area contributed by atoms with E-state index >= 15 is 0 Å². The maximum absolute atomic E-state index is 6.21. The molecule has 2 aromatic rings. The van der Waals surface area contributed by atoms with Crippen LogP contribution in [0.3, 0.4) is 0 Å². The summed E-state index contributed by atoms with van der Waals surface area (Å²) >= 11 is 6.21. The van der Waals surface area contributed by atoms with Gasteiger partial charge in [0.2, 0.25) is 5.88 Å². The van der Waals surface area contributed by atoms with E-state index in [0.717, 1.165) is 29.8 Å². The van der Waals surface area contributed by atoms with Crippen molar-refractivity contribution in [3.63, 3.8) is 0 Å². The summed E-state index contributed by atoms with van der Waals surface area (Å²) in [6, 6.07) is 5.67. The Morgan fingerprint density at radius 3 is 2.73 bits per heavy atom. The monoisotopic (exact) mass is 322 g/mol. The topological polar surface area (TPSA) is 82.3 Å². The number of benzene rings is 1. The number of nitrogen functional groups attached to an aromatic ring is 1. The van der Waals surface area contributed by atoms with Crippen molar-refractivity contribution < 1.29 is 9.47 Å². The molecule has 6 nitrogen and oxygen atoms in total. The van der Waals surface area contributed by atoms with Crippen LogP contribution >= 0.6 is 11.6 Å². The normalized spacial score (nSPS) is 10.5. The van der Waals surface area contributed by atoms with Crippen LogP contribution in [0.1, 0.15) is 11.1 Å². The molecular formula is C15H19ClN4O2. The second-order valence-corrected chi connectivity index (χ2v) is 5.04. The van der Waals surface area contributed by atoms with E-state index < -0.39 is 0 Å². The van der Waals surface area contributed by atoms with Gasteiger partial charge in [-0.1, -0.05) is 17.7 Å². The molecule has 2 rings (SSSR count). The number of hydrogen-bond acceptors (Lipinski definition) is 6. The molecule has 22 heavy (non-hydrogen) atoms. The summed E-state index contributed by atoms with van der Waals surface area (Å²) in [5, 5.41) is 3.99. The first-order valence-corrected chi connectivity index (χ1v) is 7.20. The van der Waals surface area contributed by atoms with Gasteiger partial charge in [-0.25, -0.2) is 9.97 Å². The summed E-state index contributed by atoms with van der Waals surface area (Å²) in [7, 11) is 3.18. The number of halogens is 1. The van der Waals surface area contributed by atoms with E-state index in [0.29, 0.717) is 23.3 Å². The highest BCUT2D eigenvalue weighted by Gasteiger charge is 2.09. The van der Waals surface area contributed by atoms with Crippen molar-refractivity contribution in [3.05, 3.63) is 40.7 Å². The summed E-state index contributed by atoms with van der Waals surface area (Å²) < 4.78 is 10.3. The molecule has 0 aliphatic rings. The van der Waals surface area contributed by atoms with E-state index in [9.17, 15) is 0 Å². The molecule has 0 amide bonds. The molecule has 0 bridgehead atoms. The number of nitrogens with one attached hydrogen (secondary N) is 1. The SMILES string of the molecule is COc1ccc(CCNCc2c(N)ncnc2OC)c(Cl)c1. The van der Waals surface area contributed by atoms with Crippen molar-refractivity contribution in [1.82, 2.24) is 15.3 Å². The maximum Gasteiger partial charge on any atom is 0.222 e. The number of ether oxygens (including phenoxy) is 2. The molecule has 0 saturated carbocycles. The molecule has 0 radical (unpaired) electrons. The van der Waals surface area contributed by atoms with Crippen LogP contribution in [0, 0.1) is 0 Å². The van der Waals surface area contributed by atoms with Gasteiger partial charge in [-0.2, -0.15) is 0 Å². The zero-order chi connectivity index (χ0) is 15.9. The van der Waals surface area contributed by atoms with Crippen LogP contribution in [-0.2, 0) is 13.0 Å². The maximum atomic E-state index is 6.21. The fourth-order valence-electron chi connectivity index (χ4n) is 2.05. The van der Waals surface area contributed by atoms with E-state index in [1.165, 1.54) is 6.33 Å². The van der Waals surface area contributed by atoms with Crippen LogP contribution in [0.4, 0.5) is 5.82 Å². The third-order valence-electron chi connectivity index (χ3n) is 3.27. The molecular weight excluding hydrogens is 304 g/mol. The largest absolute Gasteiger partial charge is 0.497 e. The van der Waals surface area contributed by atoms with Crippen LogP contribution < -0.4 is 20.5 Å². The Labute approximate surface area is 134 Å². The lowest BCUT2D eigenvalue weighted by molar-refractivity contribution is 0.390. The van der Waals surface area contributed by atoms with Crippen molar-refractivity contribution in [1.29, 1.82) is 0 Å².